The number of hydrogen-bond acceptors (Lipinski definition) is 6. The molecule has 0 saturated heterocycles. The second-order valence-corrected chi connectivity index (χ2v) is 7.04. The fourth-order valence-corrected chi connectivity index (χ4v) is 3.11. The summed E-state index contributed by atoms with van der Waals surface area (Å²) in [5.41, 5.74) is 2.96. The predicted molar refractivity (Wildman–Crippen MR) is 116 cm³/mol. The van der Waals surface area contributed by atoms with Crippen molar-refractivity contribution in [2.75, 3.05) is 11.9 Å². The van der Waals surface area contributed by atoms with E-state index in [0.717, 1.165) is 0 Å². The molecule has 1 heterocycles. The van der Waals surface area contributed by atoms with Crippen LogP contribution < -0.4 is 5.32 Å². The Balaban J connectivity index is 1.63. The summed E-state index contributed by atoms with van der Waals surface area (Å²) in [4.78, 5) is 39.0. The Labute approximate surface area is 183 Å². The Bertz CT molecular complexity index is 1200. The first kappa shape index (κ1) is 22.5. The average Bonchev–Trinajstić information content (AvgIpc) is 3.05. The quantitative estimate of drug-likeness (QED) is 0.302. The Kier molecular flexibility index (Phi) is 6.89. The second-order valence-electron chi connectivity index (χ2n) is 7.04. The maximum absolute atomic E-state index is 12.9. The average molecular weight is 436 g/mol. The van der Waals surface area contributed by atoms with E-state index in [1.54, 1.807) is 26.0 Å². The molecule has 0 unspecified atom stereocenters. The number of amides is 1. The molecule has 164 valence electrons. The highest BCUT2D eigenvalue weighted by Crippen LogP contribution is 2.27. The molecule has 8 nitrogen and oxygen atoms in total. The normalized spacial score (nSPS) is 10.9. The molecule has 1 amide bonds. The van der Waals surface area contributed by atoms with E-state index in [1.807, 2.05) is 0 Å². The predicted octanol–water partition coefficient (Wildman–Crippen LogP) is 5.18. The van der Waals surface area contributed by atoms with Gasteiger partial charge in [0.2, 0.25) is 0 Å². The summed E-state index contributed by atoms with van der Waals surface area (Å²) in [7, 11) is 0. The number of aryl methyl sites for hydroxylation is 1. The minimum absolute atomic E-state index is 0.0640. The molecule has 0 radical (unpaired) electrons. The third-order valence-electron chi connectivity index (χ3n) is 4.57. The minimum atomic E-state index is -0.706. The highest BCUT2D eigenvalue weighted by molar-refractivity contribution is 5.98. The van der Waals surface area contributed by atoms with Crippen LogP contribution in [0.5, 0.6) is 0 Å². The number of Topliss-reactive ketones (excluding diaryl/α,β-unsaturated/α-hetero) is 1. The number of ketones is 1. The zero-order chi connectivity index (χ0) is 23.3. The molecule has 0 aliphatic heterocycles. The third kappa shape index (κ3) is 5.51. The van der Waals surface area contributed by atoms with Crippen molar-refractivity contribution in [2.24, 2.45) is 10.2 Å². The third-order valence-corrected chi connectivity index (χ3v) is 4.57. The lowest BCUT2D eigenvalue weighted by Gasteiger charge is -2.07. The monoisotopic (exact) mass is 436 g/mol. The van der Waals surface area contributed by atoms with Crippen LogP contribution in [0.3, 0.4) is 0 Å². The summed E-state index contributed by atoms with van der Waals surface area (Å²) in [5, 5.41) is 10.8. The van der Waals surface area contributed by atoms with Crippen molar-refractivity contribution in [1.82, 2.24) is 4.98 Å². The van der Waals surface area contributed by atoms with E-state index in [0.29, 0.717) is 34.0 Å². The van der Waals surface area contributed by atoms with Gasteiger partial charge in [0.05, 0.1) is 11.3 Å². The number of halogens is 1. The smallest absolute Gasteiger partial charge is 0.338 e. The summed E-state index contributed by atoms with van der Waals surface area (Å²) in [6.45, 7) is 4.54. The molecule has 3 rings (SSSR count). The number of aromatic nitrogens is 1. The molecule has 0 aliphatic rings. The number of benzene rings is 2. The number of H-pyrrole nitrogens is 1. The SMILES string of the molecule is CC(=O)c1c(C)[nH]c(N=Nc2cccc(C(=O)OCC(=O)Nc3ccc(F)cc3)c2)c1C. The highest BCUT2D eigenvalue weighted by atomic mass is 19.1. The van der Waals surface area contributed by atoms with Crippen LogP contribution in [0.2, 0.25) is 0 Å². The number of hydrogen-bond donors (Lipinski definition) is 2. The molecule has 3 aromatic rings. The van der Waals surface area contributed by atoms with Crippen LogP contribution in [-0.2, 0) is 9.53 Å². The molecule has 0 fully saturated rings. The molecule has 2 aromatic carbocycles. The summed E-state index contributed by atoms with van der Waals surface area (Å²) in [6.07, 6.45) is 0. The molecule has 32 heavy (non-hydrogen) atoms. The maximum Gasteiger partial charge on any atom is 0.338 e. The lowest BCUT2D eigenvalue weighted by atomic mass is 10.1. The first-order chi connectivity index (χ1) is 15.2. The van der Waals surface area contributed by atoms with Gasteiger partial charge in [-0.2, -0.15) is 0 Å². The van der Waals surface area contributed by atoms with Gasteiger partial charge in [0, 0.05) is 22.5 Å². The molecule has 0 bridgehead atoms. The van der Waals surface area contributed by atoms with Crippen LogP contribution in [0.25, 0.3) is 0 Å². The van der Waals surface area contributed by atoms with E-state index in [1.165, 1.54) is 43.3 Å². The molecule has 0 atom stereocenters. The van der Waals surface area contributed by atoms with Crippen LogP contribution >= 0.6 is 0 Å². The van der Waals surface area contributed by atoms with Gasteiger partial charge in [0.15, 0.2) is 18.2 Å². The van der Waals surface area contributed by atoms with E-state index in [2.05, 4.69) is 20.5 Å². The number of nitrogens with one attached hydrogen (secondary N) is 2. The van der Waals surface area contributed by atoms with Gasteiger partial charge in [-0.25, -0.2) is 9.18 Å². The van der Waals surface area contributed by atoms with Crippen LogP contribution in [0.15, 0.2) is 58.8 Å². The molecule has 2 N–H and O–H groups in total. The number of carbonyl (C=O) groups is 3. The summed E-state index contributed by atoms with van der Waals surface area (Å²) < 4.78 is 17.9. The summed E-state index contributed by atoms with van der Waals surface area (Å²) in [6, 6.07) is 11.5. The lowest BCUT2D eigenvalue weighted by Crippen LogP contribution is -2.20. The van der Waals surface area contributed by atoms with Gasteiger partial charge in [-0.05, 0) is 63.2 Å². The number of nitrogens with zero attached hydrogens (tertiary/aromatic N) is 2. The molecule has 9 heteroatoms. The van der Waals surface area contributed by atoms with Crippen molar-refractivity contribution < 1.29 is 23.5 Å². The Morgan fingerprint density at radius 3 is 2.44 bits per heavy atom. The van der Waals surface area contributed by atoms with Crippen molar-refractivity contribution in [3.05, 3.63) is 76.7 Å². The largest absolute Gasteiger partial charge is 0.452 e. The zero-order valence-corrected chi connectivity index (χ0v) is 17.7. The number of azo groups is 1. The number of aromatic amines is 1. The van der Waals surface area contributed by atoms with E-state index in [-0.39, 0.29) is 11.3 Å². The number of ether oxygens (including phenoxy) is 1. The fraction of sp³-hybridized carbons (Fsp3) is 0.174. The molecule has 0 aliphatic carbocycles. The van der Waals surface area contributed by atoms with Gasteiger partial charge in [-0.15, -0.1) is 10.2 Å². The highest BCUT2D eigenvalue weighted by Gasteiger charge is 2.15. The molecule has 0 saturated carbocycles. The van der Waals surface area contributed by atoms with Gasteiger partial charge in [-0.1, -0.05) is 6.07 Å². The standard InChI is InChI=1S/C23H21FN4O4/c1-13-21(15(3)29)14(2)25-22(13)28-27-19-6-4-5-16(11-19)23(31)32-12-20(30)26-18-9-7-17(24)8-10-18/h4-11,25H,12H2,1-3H3,(H,26,30). The van der Waals surface area contributed by atoms with Gasteiger partial charge < -0.3 is 15.0 Å². The number of rotatable bonds is 7. The molecular formula is C23H21FN4O4. The second kappa shape index (κ2) is 9.78. The van der Waals surface area contributed by atoms with E-state index in [9.17, 15) is 18.8 Å². The van der Waals surface area contributed by atoms with Gasteiger partial charge in [-0.3, -0.25) is 9.59 Å². The Morgan fingerprint density at radius 2 is 1.78 bits per heavy atom. The van der Waals surface area contributed by atoms with Crippen molar-refractivity contribution in [2.45, 2.75) is 20.8 Å². The van der Waals surface area contributed by atoms with Crippen LogP contribution in [-0.4, -0.2) is 29.3 Å². The van der Waals surface area contributed by atoms with Gasteiger partial charge in [0.1, 0.15) is 5.82 Å². The van der Waals surface area contributed by atoms with Crippen molar-refractivity contribution >= 4 is 34.9 Å². The van der Waals surface area contributed by atoms with E-state index < -0.39 is 24.3 Å². The van der Waals surface area contributed by atoms with Crippen LogP contribution in [0, 0.1) is 19.7 Å². The van der Waals surface area contributed by atoms with Gasteiger partial charge >= 0.3 is 5.97 Å². The Hall–Kier alpha value is -4.14. The minimum Gasteiger partial charge on any atom is -0.452 e. The van der Waals surface area contributed by atoms with Crippen molar-refractivity contribution in [1.29, 1.82) is 0 Å². The number of anilines is 1. The fourth-order valence-electron chi connectivity index (χ4n) is 3.11. The first-order valence-corrected chi connectivity index (χ1v) is 9.69. The Morgan fingerprint density at radius 1 is 1.06 bits per heavy atom. The topological polar surface area (TPSA) is 113 Å². The number of carbonyl (C=O) groups excluding carboxylic acids is 3. The molecule has 1 aromatic heterocycles. The van der Waals surface area contributed by atoms with E-state index >= 15 is 0 Å². The van der Waals surface area contributed by atoms with E-state index in [4.69, 9.17) is 4.74 Å². The summed E-state index contributed by atoms with van der Waals surface area (Å²) in [5.74, 6) is -1.29. The summed E-state index contributed by atoms with van der Waals surface area (Å²) >= 11 is 0. The molecule has 0 spiro atoms. The van der Waals surface area contributed by atoms with Crippen molar-refractivity contribution in [3.8, 4) is 0 Å². The number of esters is 1. The maximum atomic E-state index is 12.9. The lowest BCUT2D eigenvalue weighted by molar-refractivity contribution is -0.119. The van der Waals surface area contributed by atoms with Crippen molar-refractivity contribution in [3.63, 3.8) is 0 Å². The first-order valence-electron chi connectivity index (χ1n) is 9.69. The molecular weight excluding hydrogens is 415 g/mol. The zero-order valence-electron chi connectivity index (χ0n) is 17.7. The van der Waals surface area contributed by atoms with Crippen LogP contribution in [0.1, 0.15) is 38.9 Å². The van der Waals surface area contributed by atoms with Crippen LogP contribution in [0.4, 0.5) is 21.6 Å². The van der Waals surface area contributed by atoms with Gasteiger partial charge in [0.25, 0.3) is 5.91 Å².